The summed E-state index contributed by atoms with van der Waals surface area (Å²) in [6, 6.07) is 0. The first-order valence-electron chi connectivity index (χ1n) is 6.76. The Bertz CT molecular complexity index is 1010. The van der Waals surface area contributed by atoms with Crippen LogP contribution in [0.1, 0.15) is 17.2 Å². The van der Waals surface area contributed by atoms with Crippen LogP contribution >= 0.6 is 11.6 Å². The summed E-state index contributed by atoms with van der Waals surface area (Å²) < 4.78 is 5.18. The largest absolute Gasteiger partial charge is 0.260 e. The highest BCUT2D eigenvalue weighted by atomic mass is 35.5. The van der Waals surface area contributed by atoms with Crippen LogP contribution in [-0.4, -0.2) is 39.1 Å². The maximum Gasteiger partial charge on any atom is 0.173 e. The molecule has 0 aromatic carbocycles. The second-order valence-electron chi connectivity index (χ2n) is 5.19. The molecule has 22 heavy (non-hydrogen) atoms. The smallest absolute Gasteiger partial charge is 0.173 e. The molecular weight excluding hydrogens is 304 g/mol. The fraction of sp³-hybridized carbons (Fsp3) is 0.308. The molecule has 0 spiro atoms. The van der Waals surface area contributed by atoms with Gasteiger partial charge in [0.05, 0.1) is 28.0 Å². The lowest BCUT2D eigenvalue weighted by atomic mass is 10.4. The third kappa shape index (κ3) is 1.80. The summed E-state index contributed by atoms with van der Waals surface area (Å²) >= 11 is 6.17. The van der Waals surface area contributed by atoms with Gasteiger partial charge in [-0.3, -0.25) is 9.36 Å². The van der Waals surface area contributed by atoms with Crippen LogP contribution in [0, 0.1) is 13.8 Å². The van der Waals surface area contributed by atoms with E-state index in [4.69, 9.17) is 11.6 Å². The third-order valence-electron chi connectivity index (χ3n) is 3.70. The summed E-state index contributed by atoms with van der Waals surface area (Å²) in [5.41, 5.74) is 3.23. The van der Waals surface area contributed by atoms with Crippen molar-refractivity contribution in [3.8, 4) is 0 Å². The van der Waals surface area contributed by atoms with Crippen molar-refractivity contribution in [3.05, 3.63) is 34.8 Å². The number of nitrogens with zero attached hydrogens (tertiary/aromatic N) is 8. The normalized spacial score (nSPS) is 11.8. The summed E-state index contributed by atoms with van der Waals surface area (Å²) in [6.07, 6.45) is 3.39. The molecule has 0 aliphatic heterocycles. The molecule has 0 saturated carbocycles. The van der Waals surface area contributed by atoms with Crippen LogP contribution in [0.5, 0.6) is 0 Å². The number of aryl methyl sites for hydroxylation is 2. The summed E-state index contributed by atoms with van der Waals surface area (Å²) in [5, 5.41) is 14.6. The molecule has 0 aliphatic carbocycles. The topological polar surface area (TPSA) is 78.7 Å². The van der Waals surface area contributed by atoms with Crippen LogP contribution < -0.4 is 0 Å². The van der Waals surface area contributed by atoms with Crippen molar-refractivity contribution in [3.63, 3.8) is 0 Å². The molecule has 0 amide bonds. The standard InChI is InChI=1S/C13H13ClN8/c1-7-11(14)8(2)21(18-7)5-10-17-13-9-4-16-20(3)12(9)15-6-22(13)19-10/h4,6H,5H2,1-3H3. The molecule has 0 saturated heterocycles. The van der Waals surface area contributed by atoms with Crippen molar-refractivity contribution in [1.82, 2.24) is 39.1 Å². The number of rotatable bonds is 2. The van der Waals surface area contributed by atoms with Crippen molar-refractivity contribution in [2.75, 3.05) is 0 Å². The Balaban J connectivity index is 1.82. The number of hydrogen-bond donors (Lipinski definition) is 0. The Hall–Kier alpha value is -2.48. The second kappa shape index (κ2) is 4.51. The fourth-order valence-electron chi connectivity index (χ4n) is 2.51. The summed E-state index contributed by atoms with van der Waals surface area (Å²) in [6.45, 7) is 4.27. The van der Waals surface area contributed by atoms with E-state index in [2.05, 4.69) is 25.3 Å². The predicted octanol–water partition coefficient (Wildman–Crippen LogP) is 1.53. The average molecular weight is 317 g/mol. The van der Waals surface area contributed by atoms with E-state index in [1.54, 1.807) is 26.4 Å². The number of aromatic nitrogens is 8. The van der Waals surface area contributed by atoms with E-state index in [-0.39, 0.29) is 0 Å². The van der Waals surface area contributed by atoms with Gasteiger partial charge in [-0.1, -0.05) is 11.6 Å². The van der Waals surface area contributed by atoms with Crippen LogP contribution in [0.2, 0.25) is 5.02 Å². The maximum absolute atomic E-state index is 6.17. The molecular formula is C13H13ClN8. The fourth-order valence-corrected chi connectivity index (χ4v) is 2.65. The lowest BCUT2D eigenvalue weighted by Crippen LogP contribution is -2.05. The van der Waals surface area contributed by atoms with Crippen LogP contribution in [0.4, 0.5) is 0 Å². The van der Waals surface area contributed by atoms with E-state index in [1.165, 1.54) is 0 Å². The molecule has 4 rings (SSSR count). The molecule has 4 aromatic rings. The minimum Gasteiger partial charge on any atom is -0.260 e. The monoisotopic (exact) mass is 316 g/mol. The lowest BCUT2D eigenvalue weighted by molar-refractivity contribution is 0.630. The minimum atomic E-state index is 0.461. The molecule has 9 heteroatoms. The Labute approximate surface area is 130 Å². The molecule has 0 bridgehead atoms. The van der Waals surface area contributed by atoms with E-state index >= 15 is 0 Å². The molecule has 4 heterocycles. The van der Waals surface area contributed by atoms with Crippen LogP contribution in [0.25, 0.3) is 16.7 Å². The molecule has 0 N–H and O–H groups in total. The van der Waals surface area contributed by atoms with Crippen LogP contribution in [0.15, 0.2) is 12.5 Å². The predicted molar refractivity (Wildman–Crippen MR) is 80.9 cm³/mol. The molecule has 0 unspecified atom stereocenters. The summed E-state index contributed by atoms with van der Waals surface area (Å²) in [7, 11) is 1.85. The molecule has 4 aromatic heterocycles. The first-order chi connectivity index (χ1) is 10.5. The van der Waals surface area contributed by atoms with Crippen molar-refractivity contribution in [2.24, 2.45) is 7.05 Å². The highest BCUT2D eigenvalue weighted by molar-refractivity contribution is 6.31. The van der Waals surface area contributed by atoms with E-state index in [0.29, 0.717) is 17.4 Å². The number of fused-ring (bicyclic) bond motifs is 3. The Kier molecular flexibility index (Phi) is 2.70. The quantitative estimate of drug-likeness (QED) is 0.560. The van der Waals surface area contributed by atoms with Gasteiger partial charge in [0.15, 0.2) is 17.1 Å². The van der Waals surface area contributed by atoms with Gasteiger partial charge in [0, 0.05) is 7.05 Å². The molecule has 0 atom stereocenters. The zero-order valence-corrected chi connectivity index (χ0v) is 13.1. The van der Waals surface area contributed by atoms with Gasteiger partial charge >= 0.3 is 0 Å². The Morgan fingerprint density at radius 3 is 2.73 bits per heavy atom. The van der Waals surface area contributed by atoms with Gasteiger partial charge < -0.3 is 0 Å². The van der Waals surface area contributed by atoms with E-state index in [9.17, 15) is 0 Å². The first kappa shape index (κ1) is 13.2. The zero-order chi connectivity index (χ0) is 15.4. The van der Waals surface area contributed by atoms with Gasteiger partial charge in [0.2, 0.25) is 0 Å². The van der Waals surface area contributed by atoms with Gasteiger partial charge in [0.1, 0.15) is 12.9 Å². The van der Waals surface area contributed by atoms with Crippen molar-refractivity contribution < 1.29 is 0 Å². The van der Waals surface area contributed by atoms with E-state index < -0.39 is 0 Å². The van der Waals surface area contributed by atoms with Gasteiger partial charge in [0.25, 0.3) is 0 Å². The van der Waals surface area contributed by atoms with E-state index in [0.717, 1.165) is 28.1 Å². The van der Waals surface area contributed by atoms with Crippen LogP contribution in [-0.2, 0) is 13.6 Å². The maximum atomic E-state index is 6.17. The van der Waals surface area contributed by atoms with Crippen LogP contribution in [0.3, 0.4) is 0 Å². The summed E-state index contributed by atoms with van der Waals surface area (Å²) in [5.74, 6) is 0.653. The molecule has 0 radical (unpaired) electrons. The zero-order valence-electron chi connectivity index (χ0n) is 12.3. The molecule has 112 valence electrons. The number of halogens is 1. The van der Waals surface area contributed by atoms with Crippen molar-refractivity contribution in [2.45, 2.75) is 20.4 Å². The lowest BCUT2D eigenvalue weighted by Gasteiger charge is -1.99. The Morgan fingerprint density at radius 2 is 2.00 bits per heavy atom. The molecule has 0 fully saturated rings. The van der Waals surface area contributed by atoms with Gasteiger partial charge in [-0.05, 0) is 13.8 Å². The Morgan fingerprint density at radius 1 is 1.18 bits per heavy atom. The number of hydrogen-bond acceptors (Lipinski definition) is 5. The third-order valence-corrected chi connectivity index (χ3v) is 4.24. The second-order valence-corrected chi connectivity index (χ2v) is 5.57. The highest BCUT2D eigenvalue weighted by Crippen LogP contribution is 2.20. The minimum absolute atomic E-state index is 0.461. The highest BCUT2D eigenvalue weighted by Gasteiger charge is 2.14. The SMILES string of the molecule is Cc1nn(Cc2nc3c4cnn(C)c4ncn3n2)c(C)c1Cl. The molecule has 0 aliphatic rings. The summed E-state index contributed by atoms with van der Waals surface area (Å²) in [4.78, 5) is 8.93. The molecule has 8 nitrogen and oxygen atoms in total. The van der Waals surface area contributed by atoms with E-state index in [1.807, 2.05) is 20.9 Å². The van der Waals surface area contributed by atoms with Gasteiger partial charge in [-0.2, -0.15) is 10.2 Å². The van der Waals surface area contributed by atoms with Gasteiger partial charge in [-0.15, -0.1) is 5.10 Å². The average Bonchev–Trinajstić information content (AvgIpc) is 3.13. The van der Waals surface area contributed by atoms with Gasteiger partial charge in [-0.25, -0.2) is 14.5 Å². The van der Waals surface area contributed by atoms with Crippen molar-refractivity contribution in [1.29, 1.82) is 0 Å². The first-order valence-corrected chi connectivity index (χ1v) is 7.14. The van der Waals surface area contributed by atoms with Crippen molar-refractivity contribution >= 4 is 28.3 Å².